The van der Waals surface area contributed by atoms with Crippen molar-refractivity contribution in [2.24, 2.45) is 0 Å². The van der Waals surface area contributed by atoms with Gasteiger partial charge in [-0.15, -0.1) is 0 Å². The molecule has 8 nitrogen and oxygen atoms in total. The summed E-state index contributed by atoms with van der Waals surface area (Å²) in [6, 6.07) is 12.0. The highest BCUT2D eigenvalue weighted by atomic mass is 16.1. The van der Waals surface area contributed by atoms with Crippen molar-refractivity contribution < 1.29 is 0 Å². The van der Waals surface area contributed by atoms with Crippen LogP contribution in [0.3, 0.4) is 0 Å². The van der Waals surface area contributed by atoms with Crippen LogP contribution in [0.4, 0.5) is 11.6 Å². The topological polar surface area (TPSA) is 89.7 Å². The molecule has 5 rings (SSSR count). The second-order valence-corrected chi connectivity index (χ2v) is 7.44. The summed E-state index contributed by atoms with van der Waals surface area (Å²) in [5, 5.41) is 7.15. The minimum absolute atomic E-state index is 0.122. The number of aryl methyl sites for hydroxylation is 1. The van der Waals surface area contributed by atoms with Gasteiger partial charge in [0.25, 0.3) is 5.56 Å². The zero-order valence-corrected chi connectivity index (χ0v) is 17.0. The van der Waals surface area contributed by atoms with E-state index in [-0.39, 0.29) is 5.56 Å². The van der Waals surface area contributed by atoms with Crippen molar-refractivity contribution >= 4 is 22.7 Å². The second kappa shape index (κ2) is 7.38. The highest BCUT2D eigenvalue weighted by Crippen LogP contribution is 2.22. The maximum Gasteiger partial charge on any atom is 0.278 e. The lowest BCUT2D eigenvalue weighted by atomic mass is 10.0. The fourth-order valence-electron chi connectivity index (χ4n) is 3.94. The van der Waals surface area contributed by atoms with Gasteiger partial charge in [0.2, 0.25) is 5.95 Å². The number of benzene rings is 1. The first-order valence-corrected chi connectivity index (χ1v) is 10.2. The molecule has 30 heavy (non-hydrogen) atoms. The third-order valence-electron chi connectivity index (χ3n) is 5.41. The molecule has 0 saturated heterocycles. The maximum atomic E-state index is 12.9. The molecule has 4 heterocycles. The first-order valence-electron chi connectivity index (χ1n) is 10.2. The molecule has 0 fully saturated rings. The summed E-state index contributed by atoms with van der Waals surface area (Å²) in [5.41, 5.74) is 4.89. The molecule has 4 aromatic rings. The molecule has 0 radical (unpaired) electrons. The van der Waals surface area contributed by atoms with Crippen LogP contribution in [0, 0.1) is 6.92 Å². The van der Waals surface area contributed by atoms with E-state index in [1.807, 2.05) is 38.1 Å². The summed E-state index contributed by atoms with van der Waals surface area (Å²) >= 11 is 0. The molecule has 0 unspecified atom stereocenters. The first-order chi connectivity index (χ1) is 14.6. The minimum Gasteiger partial charge on any atom is -0.324 e. The molecule has 1 aliphatic heterocycles. The Bertz CT molecular complexity index is 1300. The van der Waals surface area contributed by atoms with Gasteiger partial charge < -0.3 is 10.6 Å². The van der Waals surface area contributed by atoms with E-state index in [0.717, 1.165) is 30.9 Å². The third kappa shape index (κ3) is 3.15. The third-order valence-corrected chi connectivity index (χ3v) is 5.41. The van der Waals surface area contributed by atoms with Gasteiger partial charge in [-0.2, -0.15) is 4.98 Å². The summed E-state index contributed by atoms with van der Waals surface area (Å²) in [6.45, 7) is 6.25. The lowest BCUT2D eigenvalue weighted by molar-refractivity contribution is 0.567. The molecule has 1 aromatic carbocycles. The number of hydrogen-bond donors (Lipinski definition) is 2. The van der Waals surface area contributed by atoms with Crippen LogP contribution < -0.4 is 16.2 Å². The fraction of sp³-hybridized carbons (Fsp3) is 0.273. The van der Waals surface area contributed by atoms with E-state index >= 15 is 0 Å². The number of aromatic nitrogens is 5. The molecule has 0 bridgehead atoms. The Balaban J connectivity index is 1.60. The van der Waals surface area contributed by atoms with Crippen LogP contribution in [0.15, 0.2) is 47.4 Å². The summed E-state index contributed by atoms with van der Waals surface area (Å²) in [6.07, 6.45) is 2.59. The van der Waals surface area contributed by atoms with Crippen molar-refractivity contribution in [1.29, 1.82) is 0 Å². The van der Waals surface area contributed by atoms with E-state index in [1.54, 1.807) is 15.6 Å². The monoisotopic (exact) mass is 401 g/mol. The van der Waals surface area contributed by atoms with Crippen molar-refractivity contribution in [2.45, 2.75) is 33.4 Å². The molecule has 0 aliphatic carbocycles. The van der Waals surface area contributed by atoms with Crippen LogP contribution >= 0.6 is 0 Å². The second-order valence-electron chi connectivity index (χ2n) is 7.44. The number of nitrogens with zero attached hydrogens (tertiary/aromatic N) is 5. The predicted molar refractivity (Wildman–Crippen MR) is 116 cm³/mol. The van der Waals surface area contributed by atoms with Crippen LogP contribution in [-0.2, 0) is 19.5 Å². The van der Waals surface area contributed by atoms with Gasteiger partial charge in [0.05, 0.1) is 0 Å². The van der Waals surface area contributed by atoms with Gasteiger partial charge in [-0.1, -0.05) is 12.1 Å². The zero-order valence-electron chi connectivity index (χ0n) is 17.0. The maximum absolute atomic E-state index is 12.9. The molecule has 8 heteroatoms. The van der Waals surface area contributed by atoms with Crippen molar-refractivity contribution in [3.8, 4) is 5.82 Å². The lowest BCUT2D eigenvalue weighted by Gasteiger charge is -2.18. The van der Waals surface area contributed by atoms with E-state index in [9.17, 15) is 4.79 Å². The Morgan fingerprint density at radius 1 is 1.17 bits per heavy atom. The van der Waals surface area contributed by atoms with E-state index < -0.39 is 0 Å². The normalized spacial score (nSPS) is 13.4. The predicted octanol–water partition coefficient (Wildman–Crippen LogP) is 2.69. The number of fused-ring (bicyclic) bond motifs is 2. The molecular formula is C22H23N7O. The highest BCUT2D eigenvalue weighted by Gasteiger charge is 2.17. The average molecular weight is 401 g/mol. The Hall–Kier alpha value is -3.52. The van der Waals surface area contributed by atoms with E-state index in [4.69, 9.17) is 0 Å². The number of hydrogen-bond acceptors (Lipinski definition) is 6. The van der Waals surface area contributed by atoms with Crippen LogP contribution in [0.1, 0.15) is 23.7 Å². The Morgan fingerprint density at radius 2 is 2.07 bits per heavy atom. The molecule has 3 aromatic heterocycles. The Kier molecular flexibility index (Phi) is 4.55. The quantitative estimate of drug-likeness (QED) is 0.547. The van der Waals surface area contributed by atoms with Crippen molar-refractivity contribution in [3.63, 3.8) is 0 Å². The van der Waals surface area contributed by atoms with Gasteiger partial charge in [0.1, 0.15) is 5.39 Å². The van der Waals surface area contributed by atoms with Crippen molar-refractivity contribution in [2.75, 3.05) is 11.9 Å². The molecule has 1 aliphatic rings. The molecule has 0 spiro atoms. The van der Waals surface area contributed by atoms with E-state index in [1.165, 1.54) is 11.1 Å². The molecule has 0 atom stereocenters. The van der Waals surface area contributed by atoms with Crippen molar-refractivity contribution in [1.82, 2.24) is 29.6 Å². The van der Waals surface area contributed by atoms with Crippen molar-refractivity contribution in [3.05, 3.63) is 69.8 Å². The Labute approximate surface area is 173 Å². The van der Waals surface area contributed by atoms with Gasteiger partial charge in [0, 0.05) is 30.7 Å². The molecular weight excluding hydrogens is 378 g/mol. The molecule has 0 saturated carbocycles. The van der Waals surface area contributed by atoms with E-state index in [2.05, 4.69) is 37.7 Å². The minimum atomic E-state index is -0.122. The summed E-state index contributed by atoms with van der Waals surface area (Å²) in [7, 11) is 0. The number of pyridine rings is 1. The largest absolute Gasteiger partial charge is 0.324 e. The van der Waals surface area contributed by atoms with Crippen LogP contribution in [-0.4, -0.2) is 30.9 Å². The van der Waals surface area contributed by atoms with Gasteiger partial charge in [-0.25, -0.2) is 19.3 Å². The zero-order chi connectivity index (χ0) is 20.7. The SMILES string of the molecule is CCn1c(=O)c2cnc(Nc3ccc4c(c3)CCNC4)nc2n1-c1cccc(C)n1. The number of anilines is 2. The number of nitrogens with one attached hydrogen (secondary N) is 2. The molecule has 0 amide bonds. The van der Waals surface area contributed by atoms with Crippen LogP contribution in [0.25, 0.3) is 16.9 Å². The summed E-state index contributed by atoms with van der Waals surface area (Å²) < 4.78 is 3.41. The average Bonchev–Trinajstić information content (AvgIpc) is 3.04. The standard InChI is InChI=1S/C22H23N7O/c1-3-28-21(30)18-13-24-22(26-17-8-7-16-12-23-10-9-15(16)11-17)27-20(18)29(28)19-6-4-5-14(2)25-19/h4-8,11,13,23H,3,9-10,12H2,1-2H3,(H,24,26,27). The molecule has 152 valence electrons. The van der Waals surface area contributed by atoms with Gasteiger partial charge in [0.15, 0.2) is 11.5 Å². The highest BCUT2D eigenvalue weighted by molar-refractivity contribution is 5.77. The fourth-order valence-corrected chi connectivity index (χ4v) is 3.94. The van der Waals surface area contributed by atoms with Crippen LogP contribution in [0.2, 0.25) is 0 Å². The molecule has 2 N–H and O–H groups in total. The summed E-state index contributed by atoms with van der Waals surface area (Å²) in [5.74, 6) is 1.11. The van der Waals surface area contributed by atoms with E-state index in [0.29, 0.717) is 29.3 Å². The van der Waals surface area contributed by atoms with Gasteiger partial charge >= 0.3 is 0 Å². The van der Waals surface area contributed by atoms with Gasteiger partial charge in [-0.05, 0) is 62.2 Å². The smallest absolute Gasteiger partial charge is 0.278 e. The first kappa shape index (κ1) is 18.5. The Morgan fingerprint density at radius 3 is 2.90 bits per heavy atom. The summed E-state index contributed by atoms with van der Waals surface area (Å²) in [4.78, 5) is 26.5. The lowest BCUT2D eigenvalue weighted by Crippen LogP contribution is -2.23. The number of rotatable bonds is 4. The van der Waals surface area contributed by atoms with Gasteiger partial charge in [-0.3, -0.25) is 4.79 Å². The van der Waals surface area contributed by atoms with Crippen LogP contribution in [0.5, 0.6) is 0 Å².